The van der Waals surface area contributed by atoms with Crippen molar-refractivity contribution in [3.8, 4) is 0 Å². The van der Waals surface area contributed by atoms with Gasteiger partial charge in [-0.3, -0.25) is 4.79 Å². The van der Waals surface area contributed by atoms with Crippen molar-refractivity contribution >= 4 is 11.6 Å². The van der Waals surface area contributed by atoms with Crippen LogP contribution < -0.4 is 4.90 Å². The smallest absolute Gasteiger partial charge is 0.226 e. The molecule has 2 saturated heterocycles. The van der Waals surface area contributed by atoms with Gasteiger partial charge in [0.25, 0.3) is 0 Å². The lowest BCUT2D eigenvalue weighted by Gasteiger charge is -2.27. The van der Waals surface area contributed by atoms with Crippen LogP contribution in [0.4, 0.5) is 5.69 Å². The summed E-state index contributed by atoms with van der Waals surface area (Å²) >= 11 is 0. The molecule has 1 N–H and O–H groups in total. The number of anilines is 1. The Labute approximate surface area is 144 Å². The molecule has 0 aromatic heterocycles. The summed E-state index contributed by atoms with van der Waals surface area (Å²) in [4.78, 5) is 13.9. The molecule has 2 fully saturated rings. The molecule has 2 heterocycles. The standard InChI is InChI=1S/C20H29NO3/c1-15-14-18(11-13-22)24-19(15)10-7-16-5-8-17(9-6-16)21-12-3-2-4-20(21)23/h5-6,8-9,15,18-19,22H,2-4,7,10-14H2,1H3/t15-,18+,19-/m1/s1. The SMILES string of the molecule is C[C@@H]1C[C@H](CCO)O[C@@H]1CCc1ccc(N2CCCCC2=O)cc1. The summed E-state index contributed by atoms with van der Waals surface area (Å²) in [6, 6.07) is 8.43. The van der Waals surface area contributed by atoms with Crippen molar-refractivity contribution in [3.63, 3.8) is 0 Å². The minimum absolute atomic E-state index is 0.209. The average Bonchev–Trinajstić information content (AvgIpc) is 2.94. The summed E-state index contributed by atoms with van der Waals surface area (Å²) in [5.41, 5.74) is 2.32. The molecular weight excluding hydrogens is 302 g/mol. The molecule has 0 saturated carbocycles. The summed E-state index contributed by atoms with van der Waals surface area (Å²) in [5.74, 6) is 0.809. The first kappa shape index (κ1) is 17.4. The number of benzene rings is 1. The topological polar surface area (TPSA) is 49.8 Å². The highest BCUT2D eigenvalue weighted by atomic mass is 16.5. The summed E-state index contributed by atoms with van der Waals surface area (Å²) in [6.45, 7) is 3.30. The van der Waals surface area contributed by atoms with Gasteiger partial charge in [0.15, 0.2) is 0 Å². The van der Waals surface area contributed by atoms with E-state index in [0.717, 1.165) is 50.8 Å². The Balaban J connectivity index is 1.52. The van der Waals surface area contributed by atoms with Crippen molar-refractivity contribution in [3.05, 3.63) is 29.8 Å². The van der Waals surface area contributed by atoms with Gasteiger partial charge in [0, 0.05) is 25.3 Å². The van der Waals surface area contributed by atoms with Crippen LogP contribution in [0.1, 0.15) is 51.0 Å². The molecule has 2 aliphatic heterocycles. The molecule has 0 radical (unpaired) electrons. The number of ether oxygens (including phenoxy) is 1. The Bertz CT molecular complexity index is 542. The maximum Gasteiger partial charge on any atom is 0.226 e. The largest absolute Gasteiger partial charge is 0.396 e. The van der Waals surface area contributed by atoms with Gasteiger partial charge in [0.2, 0.25) is 5.91 Å². The van der Waals surface area contributed by atoms with Crippen LogP contribution in [0.2, 0.25) is 0 Å². The number of aryl methyl sites for hydroxylation is 1. The molecule has 1 aromatic rings. The molecule has 132 valence electrons. The van der Waals surface area contributed by atoms with Crippen LogP contribution >= 0.6 is 0 Å². The summed E-state index contributed by atoms with van der Waals surface area (Å²) < 4.78 is 6.06. The number of rotatable bonds is 6. The maximum absolute atomic E-state index is 12.0. The highest BCUT2D eigenvalue weighted by molar-refractivity contribution is 5.93. The Kier molecular flexibility index (Phi) is 5.90. The molecular formula is C20H29NO3. The van der Waals surface area contributed by atoms with E-state index in [1.54, 1.807) is 0 Å². The fourth-order valence-corrected chi connectivity index (χ4v) is 3.92. The first-order chi connectivity index (χ1) is 11.7. The lowest BCUT2D eigenvalue weighted by atomic mass is 9.96. The van der Waals surface area contributed by atoms with E-state index in [-0.39, 0.29) is 18.6 Å². The molecule has 4 nitrogen and oxygen atoms in total. The Morgan fingerprint density at radius 2 is 2.00 bits per heavy atom. The Morgan fingerprint density at radius 1 is 1.21 bits per heavy atom. The van der Waals surface area contributed by atoms with Gasteiger partial charge in [-0.15, -0.1) is 0 Å². The minimum atomic E-state index is 0.209. The van der Waals surface area contributed by atoms with Gasteiger partial charge in [-0.25, -0.2) is 0 Å². The van der Waals surface area contributed by atoms with E-state index in [1.807, 2.05) is 4.90 Å². The Morgan fingerprint density at radius 3 is 2.71 bits per heavy atom. The van der Waals surface area contributed by atoms with Crippen LogP contribution in [-0.4, -0.2) is 36.4 Å². The number of aliphatic hydroxyl groups is 1. The van der Waals surface area contributed by atoms with Crippen LogP contribution in [0, 0.1) is 5.92 Å². The normalized spacial score (nSPS) is 27.7. The molecule has 3 atom stereocenters. The van der Waals surface area contributed by atoms with E-state index in [2.05, 4.69) is 31.2 Å². The van der Waals surface area contributed by atoms with Crippen molar-refractivity contribution in [2.75, 3.05) is 18.1 Å². The van der Waals surface area contributed by atoms with Crippen LogP contribution in [0.25, 0.3) is 0 Å². The maximum atomic E-state index is 12.0. The monoisotopic (exact) mass is 331 g/mol. The zero-order valence-corrected chi connectivity index (χ0v) is 14.6. The number of hydrogen-bond donors (Lipinski definition) is 1. The second-order valence-corrected chi connectivity index (χ2v) is 7.23. The first-order valence-electron chi connectivity index (χ1n) is 9.33. The number of hydrogen-bond acceptors (Lipinski definition) is 3. The molecule has 1 aromatic carbocycles. The third-order valence-electron chi connectivity index (χ3n) is 5.38. The van der Waals surface area contributed by atoms with Crippen LogP contribution in [0.3, 0.4) is 0 Å². The van der Waals surface area contributed by atoms with E-state index in [1.165, 1.54) is 5.56 Å². The van der Waals surface area contributed by atoms with E-state index in [4.69, 9.17) is 9.84 Å². The van der Waals surface area contributed by atoms with Crippen molar-refractivity contribution in [1.82, 2.24) is 0 Å². The zero-order valence-electron chi connectivity index (χ0n) is 14.6. The third-order valence-corrected chi connectivity index (χ3v) is 5.38. The molecule has 3 rings (SSSR count). The van der Waals surface area contributed by atoms with Gasteiger partial charge in [-0.1, -0.05) is 19.1 Å². The van der Waals surface area contributed by atoms with Gasteiger partial charge in [0.05, 0.1) is 12.2 Å². The molecule has 0 bridgehead atoms. The second kappa shape index (κ2) is 8.13. The molecule has 24 heavy (non-hydrogen) atoms. The lowest BCUT2D eigenvalue weighted by molar-refractivity contribution is -0.119. The highest BCUT2D eigenvalue weighted by Crippen LogP contribution is 2.31. The summed E-state index contributed by atoms with van der Waals surface area (Å²) in [5, 5.41) is 9.05. The van der Waals surface area contributed by atoms with E-state index in [9.17, 15) is 4.79 Å². The van der Waals surface area contributed by atoms with E-state index < -0.39 is 0 Å². The number of piperidine rings is 1. The molecule has 4 heteroatoms. The van der Waals surface area contributed by atoms with E-state index >= 15 is 0 Å². The number of nitrogens with zero attached hydrogens (tertiary/aromatic N) is 1. The van der Waals surface area contributed by atoms with Crippen LogP contribution in [-0.2, 0) is 16.0 Å². The van der Waals surface area contributed by atoms with Gasteiger partial charge in [0.1, 0.15) is 0 Å². The first-order valence-corrected chi connectivity index (χ1v) is 9.33. The van der Waals surface area contributed by atoms with Crippen molar-refractivity contribution in [2.24, 2.45) is 5.92 Å². The van der Waals surface area contributed by atoms with Crippen LogP contribution in [0.5, 0.6) is 0 Å². The zero-order chi connectivity index (χ0) is 16.9. The molecule has 0 unspecified atom stereocenters. The number of amides is 1. The highest BCUT2D eigenvalue weighted by Gasteiger charge is 2.31. The quantitative estimate of drug-likeness (QED) is 0.870. The Hall–Kier alpha value is -1.39. The summed E-state index contributed by atoms with van der Waals surface area (Å²) in [7, 11) is 0. The fourth-order valence-electron chi connectivity index (χ4n) is 3.92. The summed E-state index contributed by atoms with van der Waals surface area (Å²) in [6.07, 6.45) is 7.13. The van der Waals surface area contributed by atoms with Gasteiger partial charge < -0.3 is 14.7 Å². The van der Waals surface area contributed by atoms with Crippen molar-refractivity contribution in [1.29, 1.82) is 0 Å². The van der Waals surface area contributed by atoms with Gasteiger partial charge in [-0.05, 0) is 62.1 Å². The van der Waals surface area contributed by atoms with Crippen LogP contribution in [0.15, 0.2) is 24.3 Å². The number of carbonyl (C=O) groups excluding carboxylic acids is 1. The average molecular weight is 331 g/mol. The molecule has 0 spiro atoms. The fraction of sp³-hybridized carbons (Fsp3) is 0.650. The number of aliphatic hydroxyl groups excluding tert-OH is 1. The third kappa shape index (κ3) is 4.17. The predicted molar refractivity (Wildman–Crippen MR) is 95.1 cm³/mol. The van der Waals surface area contributed by atoms with Crippen molar-refractivity contribution in [2.45, 2.75) is 64.1 Å². The molecule has 2 aliphatic rings. The second-order valence-electron chi connectivity index (χ2n) is 7.23. The molecule has 0 aliphatic carbocycles. The minimum Gasteiger partial charge on any atom is -0.396 e. The van der Waals surface area contributed by atoms with Gasteiger partial charge >= 0.3 is 0 Å². The molecule has 1 amide bonds. The van der Waals surface area contributed by atoms with Crippen molar-refractivity contribution < 1.29 is 14.6 Å². The number of carbonyl (C=O) groups is 1. The lowest BCUT2D eigenvalue weighted by Crippen LogP contribution is -2.35. The predicted octanol–water partition coefficient (Wildman–Crippen LogP) is 3.31. The van der Waals surface area contributed by atoms with E-state index in [0.29, 0.717) is 18.4 Å². The van der Waals surface area contributed by atoms with Gasteiger partial charge in [-0.2, -0.15) is 0 Å².